The predicted octanol–water partition coefficient (Wildman–Crippen LogP) is 5.36. The molecule has 0 radical (unpaired) electrons. The molecule has 0 aliphatic rings. The summed E-state index contributed by atoms with van der Waals surface area (Å²) in [6, 6.07) is 14.4. The van der Waals surface area contributed by atoms with E-state index >= 15 is 0 Å². The van der Waals surface area contributed by atoms with E-state index in [0.29, 0.717) is 0 Å². The van der Waals surface area contributed by atoms with Crippen molar-refractivity contribution < 1.29 is 0 Å². The quantitative estimate of drug-likeness (QED) is 0.773. The fourth-order valence-electron chi connectivity index (χ4n) is 1.68. The zero-order valence-electron chi connectivity index (χ0n) is 10.6. The second-order valence-electron chi connectivity index (χ2n) is 4.09. The van der Waals surface area contributed by atoms with Gasteiger partial charge in [0, 0.05) is 25.8 Å². The molecule has 100 valence electrons. The van der Waals surface area contributed by atoms with Gasteiger partial charge in [0.2, 0.25) is 0 Å². The van der Waals surface area contributed by atoms with Crippen LogP contribution in [0.4, 0.5) is 0 Å². The average Bonchev–Trinajstić information content (AvgIpc) is 2.41. The molecule has 2 aromatic rings. The van der Waals surface area contributed by atoms with Crippen molar-refractivity contribution in [2.75, 3.05) is 6.54 Å². The molecule has 1 nitrogen and oxygen atoms in total. The fraction of sp³-hybridized carbons (Fsp3) is 0.200. The van der Waals surface area contributed by atoms with Gasteiger partial charge in [-0.05, 0) is 54.6 Å². The van der Waals surface area contributed by atoms with Gasteiger partial charge in [0.25, 0.3) is 0 Å². The van der Waals surface area contributed by atoms with Crippen molar-refractivity contribution in [3.05, 3.63) is 57.5 Å². The lowest BCUT2D eigenvalue weighted by atomic mass is 10.2. The van der Waals surface area contributed by atoms with Gasteiger partial charge in [0.05, 0.1) is 0 Å². The molecule has 0 aliphatic heterocycles. The van der Waals surface area contributed by atoms with Gasteiger partial charge in [-0.15, -0.1) is 0 Å². The lowest BCUT2D eigenvalue weighted by Crippen LogP contribution is -2.12. The molecule has 19 heavy (non-hydrogen) atoms. The van der Waals surface area contributed by atoms with E-state index in [1.165, 1.54) is 15.4 Å². The summed E-state index contributed by atoms with van der Waals surface area (Å²) in [6.07, 6.45) is 0. The van der Waals surface area contributed by atoms with Gasteiger partial charge in [-0.2, -0.15) is 0 Å². The molecular weight excluding hydrogens is 342 g/mol. The number of nitrogens with one attached hydrogen (secondary N) is 1. The Morgan fingerprint density at radius 2 is 1.89 bits per heavy atom. The molecule has 0 bridgehead atoms. The van der Waals surface area contributed by atoms with E-state index in [4.69, 9.17) is 11.6 Å². The monoisotopic (exact) mass is 355 g/mol. The number of hydrogen-bond donors (Lipinski definition) is 1. The summed E-state index contributed by atoms with van der Waals surface area (Å²) in [5.74, 6) is 0. The van der Waals surface area contributed by atoms with E-state index in [1.807, 2.05) is 12.1 Å². The summed E-state index contributed by atoms with van der Waals surface area (Å²) in [5, 5.41) is 4.13. The topological polar surface area (TPSA) is 12.0 Å². The summed E-state index contributed by atoms with van der Waals surface area (Å²) in [7, 11) is 0. The van der Waals surface area contributed by atoms with Crippen LogP contribution in [0.15, 0.2) is 56.7 Å². The highest BCUT2D eigenvalue weighted by Crippen LogP contribution is 2.32. The molecule has 0 fully saturated rings. The van der Waals surface area contributed by atoms with Crippen LogP contribution in [0, 0.1) is 0 Å². The lowest BCUT2D eigenvalue weighted by molar-refractivity contribution is 0.718. The van der Waals surface area contributed by atoms with E-state index in [1.54, 1.807) is 11.8 Å². The third-order valence-electron chi connectivity index (χ3n) is 2.63. The molecule has 2 rings (SSSR count). The van der Waals surface area contributed by atoms with Gasteiger partial charge in [-0.3, -0.25) is 0 Å². The summed E-state index contributed by atoms with van der Waals surface area (Å²) in [5.41, 5.74) is 1.24. The number of hydrogen-bond acceptors (Lipinski definition) is 2. The first-order chi connectivity index (χ1) is 9.19. The molecule has 0 aromatic heterocycles. The predicted molar refractivity (Wildman–Crippen MR) is 87.1 cm³/mol. The standard InChI is InChI=1S/C15H15BrClNS/c1-2-18-10-11-9-13(17)5-8-15(11)19-14-6-3-12(16)4-7-14/h3-9,18H,2,10H2,1H3. The van der Waals surface area contributed by atoms with Crippen molar-refractivity contribution in [2.24, 2.45) is 0 Å². The van der Waals surface area contributed by atoms with E-state index in [-0.39, 0.29) is 0 Å². The van der Waals surface area contributed by atoms with Gasteiger partial charge < -0.3 is 5.32 Å². The minimum atomic E-state index is 0.785. The molecular formula is C15H15BrClNS. The van der Waals surface area contributed by atoms with Crippen molar-refractivity contribution in [2.45, 2.75) is 23.3 Å². The van der Waals surface area contributed by atoms with Gasteiger partial charge in [0.15, 0.2) is 0 Å². The second kappa shape index (κ2) is 7.34. The smallest absolute Gasteiger partial charge is 0.0410 e. The highest BCUT2D eigenvalue weighted by atomic mass is 79.9. The molecule has 2 aromatic carbocycles. The number of rotatable bonds is 5. The first-order valence-corrected chi connectivity index (χ1v) is 8.10. The average molecular weight is 357 g/mol. The van der Waals surface area contributed by atoms with Crippen LogP contribution < -0.4 is 5.32 Å². The van der Waals surface area contributed by atoms with Gasteiger partial charge >= 0.3 is 0 Å². The van der Waals surface area contributed by atoms with Crippen LogP contribution in [0.25, 0.3) is 0 Å². The maximum Gasteiger partial charge on any atom is 0.0410 e. The van der Waals surface area contributed by atoms with Crippen LogP contribution in [-0.2, 0) is 6.54 Å². The Morgan fingerprint density at radius 3 is 2.58 bits per heavy atom. The third kappa shape index (κ3) is 4.53. The van der Waals surface area contributed by atoms with Crippen molar-refractivity contribution >= 4 is 39.3 Å². The SMILES string of the molecule is CCNCc1cc(Cl)ccc1Sc1ccc(Br)cc1. The fourth-order valence-corrected chi connectivity index (χ4v) is 3.06. The Balaban J connectivity index is 2.20. The molecule has 0 unspecified atom stereocenters. The van der Waals surface area contributed by atoms with Gasteiger partial charge in [0.1, 0.15) is 0 Å². The van der Waals surface area contributed by atoms with Crippen molar-refractivity contribution in [1.29, 1.82) is 0 Å². The minimum Gasteiger partial charge on any atom is -0.313 e. The summed E-state index contributed by atoms with van der Waals surface area (Å²) >= 11 is 11.3. The molecule has 0 saturated carbocycles. The molecule has 0 aliphatic carbocycles. The Bertz CT molecular complexity index is 542. The summed E-state index contributed by atoms with van der Waals surface area (Å²) in [6.45, 7) is 3.90. The van der Waals surface area contributed by atoms with Crippen LogP contribution >= 0.6 is 39.3 Å². The van der Waals surface area contributed by atoms with E-state index in [2.05, 4.69) is 58.5 Å². The van der Waals surface area contributed by atoms with Crippen LogP contribution in [-0.4, -0.2) is 6.54 Å². The number of benzene rings is 2. The van der Waals surface area contributed by atoms with Crippen LogP contribution in [0.5, 0.6) is 0 Å². The first kappa shape index (κ1) is 14.9. The van der Waals surface area contributed by atoms with Crippen molar-refractivity contribution in [3.63, 3.8) is 0 Å². The Kier molecular flexibility index (Phi) is 5.76. The Hall–Kier alpha value is -0.480. The molecule has 0 spiro atoms. The van der Waals surface area contributed by atoms with Crippen LogP contribution in [0.3, 0.4) is 0 Å². The van der Waals surface area contributed by atoms with E-state index in [9.17, 15) is 0 Å². The maximum absolute atomic E-state index is 6.08. The van der Waals surface area contributed by atoms with Crippen molar-refractivity contribution in [1.82, 2.24) is 5.32 Å². The molecule has 0 saturated heterocycles. The first-order valence-electron chi connectivity index (χ1n) is 6.11. The lowest BCUT2D eigenvalue weighted by Gasteiger charge is -2.10. The van der Waals surface area contributed by atoms with Crippen molar-refractivity contribution in [3.8, 4) is 0 Å². The van der Waals surface area contributed by atoms with Gasteiger partial charge in [-0.25, -0.2) is 0 Å². The second-order valence-corrected chi connectivity index (χ2v) is 6.56. The van der Waals surface area contributed by atoms with Gasteiger partial charge in [-0.1, -0.05) is 46.2 Å². The van der Waals surface area contributed by atoms with Crippen LogP contribution in [0.1, 0.15) is 12.5 Å². The minimum absolute atomic E-state index is 0.785. The molecule has 4 heteroatoms. The third-order valence-corrected chi connectivity index (χ3v) is 4.52. The van der Waals surface area contributed by atoms with E-state index < -0.39 is 0 Å². The molecule has 1 N–H and O–H groups in total. The molecule has 0 atom stereocenters. The highest BCUT2D eigenvalue weighted by molar-refractivity contribution is 9.10. The highest BCUT2D eigenvalue weighted by Gasteiger charge is 2.05. The molecule has 0 amide bonds. The zero-order valence-corrected chi connectivity index (χ0v) is 13.8. The van der Waals surface area contributed by atoms with E-state index in [0.717, 1.165) is 22.6 Å². The Labute approximate surface area is 131 Å². The number of halogens is 2. The largest absolute Gasteiger partial charge is 0.313 e. The maximum atomic E-state index is 6.08. The Morgan fingerprint density at radius 1 is 1.16 bits per heavy atom. The zero-order chi connectivity index (χ0) is 13.7. The molecule has 0 heterocycles. The van der Waals surface area contributed by atoms with Crippen LogP contribution in [0.2, 0.25) is 5.02 Å². The summed E-state index contributed by atoms with van der Waals surface area (Å²) < 4.78 is 1.10. The normalized spacial score (nSPS) is 10.7. The summed E-state index contributed by atoms with van der Waals surface area (Å²) in [4.78, 5) is 2.47.